The molecule has 4 rings (SSSR count). The van der Waals surface area contributed by atoms with E-state index in [1.165, 1.54) is 12.7 Å². The molecule has 9 heteroatoms. The molecule has 0 aliphatic rings. The summed E-state index contributed by atoms with van der Waals surface area (Å²) in [5, 5.41) is 6.45. The van der Waals surface area contributed by atoms with Gasteiger partial charge in [-0.2, -0.15) is 4.98 Å². The van der Waals surface area contributed by atoms with E-state index in [1.807, 2.05) is 51.1 Å². The Bertz CT molecular complexity index is 1440. The van der Waals surface area contributed by atoms with Crippen LogP contribution in [0.1, 0.15) is 16.8 Å². The van der Waals surface area contributed by atoms with Gasteiger partial charge in [0.2, 0.25) is 5.95 Å². The largest absolute Gasteiger partial charge is 0.495 e. The van der Waals surface area contributed by atoms with Crippen LogP contribution in [0.2, 0.25) is 0 Å². The number of rotatable bonds is 8. The van der Waals surface area contributed by atoms with E-state index in [4.69, 9.17) is 4.74 Å². The minimum atomic E-state index is -3.82. The zero-order chi connectivity index (χ0) is 25.0. The Labute approximate surface area is 205 Å². The van der Waals surface area contributed by atoms with Crippen LogP contribution in [0.3, 0.4) is 0 Å². The molecule has 0 spiro atoms. The number of aromatic nitrogens is 2. The summed E-state index contributed by atoms with van der Waals surface area (Å²) in [5.41, 5.74) is 4.87. The monoisotopic (exact) mass is 489 g/mol. The van der Waals surface area contributed by atoms with E-state index in [9.17, 15) is 8.42 Å². The van der Waals surface area contributed by atoms with Gasteiger partial charge in [-0.1, -0.05) is 23.8 Å². The molecule has 0 aliphatic carbocycles. The highest BCUT2D eigenvalue weighted by Gasteiger charge is 2.20. The minimum absolute atomic E-state index is 0.0870. The van der Waals surface area contributed by atoms with Crippen molar-refractivity contribution in [2.45, 2.75) is 25.7 Å². The third kappa shape index (κ3) is 6.07. The first-order valence-electron chi connectivity index (χ1n) is 11.0. The van der Waals surface area contributed by atoms with Gasteiger partial charge in [0.05, 0.1) is 7.11 Å². The number of hydrogen-bond acceptors (Lipinski definition) is 7. The van der Waals surface area contributed by atoms with Gasteiger partial charge in [0, 0.05) is 28.8 Å². The van der Waals surface area contributed by atoms with E-state index in [1.54, 1.807) is 42.5 Å². The van der Waals surface area contributed by atoms with Crippen LogP contribution in [0.15, 0.2) is 77.7 Å². The lowest BCUT2D eigenvalue weighted by atomic mass is 10.2. The van der Waals surface area contributed by atoms with Crippen molar-refractivity contribution >= 4 is 38.9 Å². The van der Waals surface area contributed by atoms with Gasteiger partial charge in [-0.05, 0) is 74.9 Å². The molecule has 0 unspecified atom stereocenters. The van der Waals surface area contributed by atoms with E-state index in [-0.39, 0.29) is 10.6 Å². The Morgan fingerprint density at radius 2 is 1.31 bits per heavy atom. The fraction of sp³-hybridized carbons (Fsp3) is 0.154. The van der Waals surface area contributed by atoms with Gasteiger partial charge in [0.15, 0.2) is 0 Å². The van der Waals surface area contributed by atoms with Crippen LogP contribution in [0.25, 0.3) is 0 Å². The van der Waals surface area contributed by atoms with Crippen LogP contribution in [0.5, 0.6) is 5.75 Å². The predicted molar refractivity (Wildman–Crippen MR) is 139 cm³/mol. The Morgan fingerprint density at radius 3 is 2.00 bits per heavy atom. The molecule has 0 radical (unpaired) electrons. The predicted octanol–water partition coefficient (Wildman–Crippen LogP) is 5.70. The average Bonchev–Trinajstić information content (AvgIpc) is 2.81. The van der Waals surface area contributed by atoms with Crippen LogP contribution >= 0.6 is 0 Å². The van der Waals surface area contributed by atoms with Crippen LogP contribution < -0.4 is 20.1 Å². The van der Waals surface area contributed by atoms with Crippen molar-refractivity contribution in [2.24, 2.45) is 0 Å². The molecule has 4 aromatic rings. The summed E-state index contributed by atoms with van der Waals surface area (Å²) in [4.78, 5) is 9.07. The van der Waals surface area contributed by atoms with E-state index in [2.05, 4.69) is 25.3 Å². The standard InChI is InChI=1S/C26H27N5O3S/c1-17-5-8-20(9-6-17)28-25-16-19(3)27-26(30-25)29-21-10-12-22(13-11-21)31-35(32,33)24-15-18(2)7-14-23(24)34-4/h5-16,31H,1-4H3,(H2,27,28,29,30). The van der Waals surface area contributed by atoms with E-state index in [0.717, 1.165) is 16.9 Å². The second kappa shape index (κ2) is 10.0. The van der Waals surface area contributed by atoms with Crippen LogP contribution in [0, 0.1) is 20.8 Å². The smallest absolute Gasteiger partial charge is 0.265 e. The molecule has 0 aliphatic heterocycles. The molecule has 35 heavy (non-hydrogen) atoms. The highest BCUT2D eigenvalue weighted by molar-refractivity contribution is 7.92. The Balaban J connectivity index is 1.48. The normalized spacial score (nSPS) is 11.1. The molecule has 0 saturated carbocycles. The maximum absolute atomic E-state index is 12.9. The van der Waals surface area contributed by atoms with Crippen LogP contribution in [-0.4, -0.2) is 25.5 Å². The van der Waals surface area contributed by atoms with Gasteiger partial charge < -0.3 is 15.4 Å². The van der Waals surface area contributed by atoms with Gasteiger partial charge in [-0.25, -0.2) is 13.4 Å². The molecule has 0 bridgehead atoms. The molecule has 0 fully saturated rings. The quantitative estimate of drug-likeness (QED) is 0.292. The van der Waals surface area contributed by atoms with E-state index >= 15 is 0 Å². The number of hydrogen-bond donors (Lipinski definition) is 3. The third-order valence-corrected chi connectivity index (χ3v) is 6.58. The Morgan fingerprint density at radius 1 is 0.714 bits per heavy atom. The number of nitrogens with one attached hydrogen (secondary N) is 3. The van der Waals surface area contributed by atoms with Crippen molar-refractivity contribution in [1.82, 2.24) is 9.97 Å². The summed E-state index contributed by atoms with van der Waals surface area (Å²) in [6, 6.07) is 21.8. The SMILES string of the molecule is COc1ccc(C)cc1S(=O)(=O)Nc1ccc(Nc2nc(C)cc(Nc3ccc(C)cc3)n2)cc1. The maximum atomic E-state index is 12.9. The van der Waals surface area contributed by atoms with E-state index in [0.29, 0.717) is 23.1 Å². The number of nitrogens with zero attached hydrogens (tertiary/aromatic N) is 2. The Hall–Kier alpha value is -4.11. The average molecular weight is 490 g/mol. The molecule has 1 aromatic heterocycles. The number of anilines is 5. The fourth-order valence-corrected chi connectivity index (χ4v) is 4.74. The second-order valence-electron chi connectivity index (χ2n) is 8.17. The molecule has 3 aromatic carbocycles. The van der Waals surface area contributed by atoms with Gasteiger partial charge in [-0.3, -0.25) is 4.72 Å². The summed E-state index contributed by atoms with van der Waals surface area (Å²) in [6.07, 6.45) is 0. The maximum Gasteiger partial charge on any atom is 0.265 e. The number of aryl methyl sites for hydroxylation is 3. The highest BCUT2D eigenvalue weighted by atomic mass is 32.2. The minimum Gasteiger partial charge on any atom is -0.495 e. The lowest BCUT2D eigenvalue weighted by Gasteiger charge is -2.13. The molecule has 0 atom stereocenters. The molecule has 8 nitrogen and oxygen atoms in total. The van der Waals surface area contributed by atoms with Gasteiger partial charge in [-0.15, -0.1) is 0 Å². The second-order valence-corrected chi connectivity index (χ2v) is 9.82. The Kier molecular flexibility index (Phi) is 6.88. The van der Waals surface area contributed by atoms with Crippen molar-refractivity contribution in [2.75, 3.05) is 22.5 Å². The molecule has 1 heterocycles. The van der Waals surface area contributed by atoms with Crippen molar-refractivity contribution < 1.29 is 13.2 Å². The molecular formula is C26H27N5O3S. The molecule has 0 saturated heterocycles. The van der Waals surface area contributed by atoms with Crippen LogP contribution in [0.4, 0.5) is 28.8 Å². The third-order valence-electron chi connectivity index (χ3n) is 5.18. The first-order valence-corrected chi connectivity index (χ1v) is 12.4. The number of methoxy groups -OCH3 is 1. The summed E-state index contributed by atoms with van der Waals surface area (Å²) in [7, 11) is -2.38. The summed E-state index contributed by atoms with van der Waals surface area (Å²) in [5.74, 6) is 1.38. The zero-order valence-corrected chi connectivity index (χ0v) is 20.8. The van der Waals surface area contributed by atoms with Crippen molar-refractivity contribution in [3.05, 3.63) is 89.6 Å². The molecular weight excluding hydrogens is 462 g/mol. The fourth-order valence-electron chi connectivity index (χ4n) is 3.43. The molecule has 0 amide bonds. The van der Waals surface area contributed by atoms with Gasteiger partial charge in [0.25, 0.3) is 10.0 Å². The summed E-state index contributed by atoms with van der Waals surface area (Å²) < 4.78 is 33.7. The first kappa shape index (κ1) is 24.0. The molecule has 3 N–H and O–H groups in total. The number of ether oxygens (including phenoxy) is 1. The summed E-state index contributed by atoms with van der Waals surface area (Å²) in [6.45, 7) is 5.76. The van der Waals surface area contributed by atoms with Crippen molar-refractivity contribution in [1.29, 1.82) is 0 Å². The lowest BCUT2D eigenvalue weighted by molar-refractivity contribution is 0.402. The topological polar surface area (TPSA) is 105 Å². The first-order chi connectivity index (χ1) is 16.7. The van der Waals surface area contributed by atoms with Gasteiger partial charge >= 0.3 is 0 Å². The van der Waals surface area contributed by atoms with Gasteiger partial charge in [0.1, 0.15) is 16.5 Å². The number of sulfonamides is 1. The summed E-state index contributed by atoms with van der Waals surface area (Å²) >= 11 is 0. The molecule has 180 valence electrons. The highest BCUT2D eigenvalue weighted by Crippen LogP contribution is 2.27. The van der Waals surface area contributed by atoms with E-state index < -0.39 is 10.0 Å². The zero-order valence-electron chi connectivity index (χ0n) is 20.0. The van der Waals surface area contributed by atoms with Crippen molar-refractivity contribution in [3.8, 4) is 5.75 Å². The van der Waals surface area contributed by atoms with Crippen molar-refractivity contribution in [3.63, 3.8) is 0 Å². The lowest BCUT2D eigenvalue weighted by Crippen LogP contribution is -2.14. The van der Waals surface area contributed by atoms with Crippen LogP contribution in [-0.2, 0) is 10.0 Å². The number of benzene rings is 3.